The van der Waals surface area contributed by atoms with Crippen molar-refractivity contribution in [3.8, 4) is 5.75 Å². The molecule has 1 amide bonds. The van der Waals surface area contributed by atoms with Gasteiger partial charge < -0.3 is 10.4 Å². The number of hydrogen-bond acceptors (Lipinski definition) is 3. The minimum Gasteiger partial charge on any atom is -0.508 e. The number of amides is 1. The summed E-state index contributed by atoms with van der Waals surface area (Å²) >= 11 is 1.66. The van der Waals surface area contributed by atoms with Gasteiger partial charge in [-0.2, -0.15) is 0 Å². The molecule has 2 N–H and O–H groups in total. The molecular weight excluding hydrogens is 258 g/mol. The van der Waals surface area contributed by atoms with Crippen molar-refractivity contribution in [1.29, 1.82) is 0 Å². The molecule has 0 saturated carbocycles. The molecule has 0 fully saturated rings. The first-order valence-corrected chi connectivity index (χ1v) is 7.12. The normalized spacial score (nSPS) is 10.2. The van der Waals surface area contributed by atoms with Crippen LogP contribution < -0.4 is 5.32 Å². The first kappa shape index (κ1) is 13.5. The zero-order valence-electron chi connectivity index (χ0n) is 10.6. The van der Waals surface area contributed by atoms with Crippen LogP contribution in [0.1, 0.15) is 5.56 Å². The van der Waals surface area contributed by atoms with Crippen LogP contribution in [0.4, 0.5) is 5.69 Å². The molecule has 2 rings (SSSR count). The van der Waals surface area contributed by atoms with E-state index in [-0.39, 0.29) is 18.1 Å². The highest BCUT2D eigenvalue weighted by atomic mass is 32.2. The summed E-state index contributed by atoms with van der Waals surface area (Å²) in [7, 11) is 0. The summed E-state index contributed by atoms with van der Waals surface area (Å²) in [6.45, 7) is 0. The molecule has 0 saturated heterocycles. The van der Waals surface area contributed by atoms with Crippen LogP contribution in [-0.2, 0) is 11.2 Å². The van der Waals surface area contributed by atoms with E-state index in [2.05, 4.69) is 5.32 Å². The van der Waals surface area contributed by atoms with Gasteiger partial charge in [-0.25, -0.2) is 0 Å². The lowest BCUT2D eigenvalue weighted by Gasteiger charge is -2.07. The molecule has 0 bridgehead atoms. The van der Waals surface area contributed by atoms with E-state index in [4.69, 9.17) is 0 Å². The van der Waals surface area contributed by atoms with Gasteiger partial charge in [0.05, 0.1) is 6.42 Å². The van der Waals surface area contributed by atoms with E-state index >= 15 is 0 Å². The molecule has 0 aliphatic carbocycles. The highest BCUT2D eigenvalue weighted by Crippen LogP contribution is 2.19. The maximum atomic E-state index is 11.9. The average molecular weight is 273 g/mol. The van der Waals surface area contributed by atoms with Crippen LogP contribution >= 0.6 is 11.8 Å². The maximum Gasteiger partial charge on any atom is 0.228 e. The number of para-hydroxylation sites is 1. The second-order valence-corrected chi connectivity index (χ2v) is 4.96. The quantitative estimate of drug-likeness (QED) is 0.840. The van der Waals surface area contributed by atoms with E-state index < -0.39 is 0 Å². The highest BCUT2D eigenvalue weighted by Gasteiger charge is 2.07. The molecule has 0 heterocycles. The zero-order chi connectivity index (χ0) is 13.7. The summed E-state index contributed by atoms with van der Waals surface area (Å²) in [6.07, 6.45) is 2.17. The summed E-state index contributed by atoms with van der Waals surface area (Å²) in [5, 5.41) is 12.4. The third-order valence-corrected chi connectivity index (χ3v) is 3.46. The Kier molecular flexibility index (Phi) is 4.47. The van der Waals surface area contributed by atoms with Crippen LogP contribution in [0.25, 0.3) is 0 Å². The number of aromatic hydroxyl groups is 1. The van der Waals surface area contributed by atoms with Gasteiger partial charge in [-0.15, -0.1) is 11.8 Å². The number of nitrogens with one attached hydrogen (secondary N) is 1. The number of carbonyl (C=O) groups excluding carboxylic acids is 1. The van der Waals surface area contributed by atoms with Gasteiger partial charge in [0.1, 0.15) is 5.75 Å². The van der Waals surface area contributed by atoms with Crippen molar-refractivity contribution in [3.05, 3.63) is 54.1 Å². The van der Waals surface area contributed by atoms with Crippen molar-refractivity contribution in [2.24, 2.45) is 0 Å². The number of benzene rings is 2. The summed E-state index contributed by atoms with van der Waals surface area (Å²) < 4.78 is 0. The summed E-state index contributed by atoms with van der Waals surface area (Å²) in [4.78, 5) is 13.0. The predicted octanol–water partition coefficient (Wildman–Crippen LogP) is 3.30. The molecular formula is C15H15NO2S. The number of rotatable bonds is 4. The summed E-state index contributed by atoms with van der Waals surface area (Å²) in [5.41, 5.74) is 1.39. The number of thioether (sulfide) groups is 1. The minimum atomic E-state index is -0.140. The van der Waals surface area contributed by atoms with Crippen molar-refractivity contribution >= 4 is 23.4 Å². The fourth-order valence-corrected chi connectivity index (χ4v) is 2.12. The Labute approximate surface area is 116 Å². The smallest absolute Gasteiger partial charge is 0.228 e. The van der Waals surface area contributed by atoms with E-state index in [1.54, 1.807) is 36.0 Å². The molecule has 0 aliphatic rings. The van der Waals surface area contributed by atoms with Crippen LogP contribution in [0.2, 0.25) is 0 Å². The molecule has 0 radical (unpaired) electrons. The fourth-order valence-electron chi connectivity index (χ4n) is 1.71. The van der Waals surface area contributed by atoms with E-state index in [0.29, 0.717) is 5.56 Å². The van der Waals surface area contributed by atoms with Crippen LogP contribution in [0.5, 0.6) is 5.75 Å². The molecule has 0 aromatic heterocycles. The number of hydrogen-bond donors (Lipinski definition) is 2. The third kappa shape index (κ3) is 3.76. The Bertz CT molecular complexity index is 567. The van der Waals surface area contributed by atoms with Gasteiger partial charge in [0.15, 0.2) is 0 Å². The van der Waals surface area contributed by atoms with Crippen LogP contribution in [0.15, 0.2) is 53.4 Å². The molecule has 98 valence electrons. The molecule has 0 unspecified atom stereocenters. The molecule has 0 aliphatic heterocycles. The monoisotopic (exact) mass is 273 g/mol. The SMILES string of the molecule is CSc1ccc(NC(=O)Cc2ccccc2O)cc1. The van der Waals surface area contributed by atoms with Crippen molar-refractivity contribution in [1.82, 2.24) is 0 Å². The largest absolute Gasteiger partial charge is 0.508 e. The predicted molar refractivity (Wildman–Crippen MR) is 78.7 cm³/mol. The Morgan fingerprint density at radius 2 is 1.84 bits per heavy atom. The molecule has 3 nitrogen and oxygen atoms in total. The standard InChI is InChI=1S/C15H15NO2S/c1-19-13-8-6-12(7-9-13)16-15(18)10-11-4-2-3-5-14(11)17/h2-9,17H,10H2,1H3,(H,16,18). The first-order chi connectivity index (χ1) is 9.19. The molecule has 2 aromatic carbocycles. The van der Waals surface area contributed by atoms with E-state index in [1.165, 1.54) is 0 Å². The lowest BCUT2D eigenvalue weighted by atomic mass is 10.1. The van der Waals surface area contributed by atoms with Gasteiger partial charge >= 0.3 is 0 Å². The third-order valence-electron chi connectivity index (χ3n) is 2.72. The van der Waals surface area contributed by atoms with Crippen molar-refractivity contribution < 1.29 is 9.90 Å². The van der Waals surface area contributed by atoms with Crippen molar-refractivity contribution in [2.45, 2.75) is 11.3 Å². The average Bonchev–Trinajstić information content (AvgIpc) is 2.42. The molecule has 0 atom stereocenters. The molecule has 4 heteroatoms. The number of carbonyl (C=O) groups is 1. The van der Waals surface area contributed by atoms with Crippen molar-refractivity contribution in [2.75, 3.05) is 11.6 Å². The lowest BCUT2D eigenvalue weighted by molar-refractivity contribution is -0.115. The summed E-state index contributed by atoms with van der Waals surface area (Å²) in [6, 6.07) is 14.5. The molecule has 2 aromatic rings. The van der Waals surface area contributed by atoms with Gasteiger partial charge in [0.2, 0.25) is 5.91 Å². The Balaban J connectivity index is 1.99. The maximum absolute atomic E-state index is 11.9. The first-order valence-electron chi connectivity index (χ1n) is 5.90. The topological polar surface area (TPSA) is 49.3 Å². The Hall–Kier alpha value is -1.94. The summed E-state index contributed by atoms with van der Waals surface area (Å²) in [5.74, 6) is 0.00813. The second-order valence-electron chi connectivity index (χ2n) is 4.08. The fraction of sp³-hybridized carbons (Fsp3) is 0.133. The second kappa shape index (κ2) is 6.29. The Morgan fingerprint density at radius 3 is 2.47 bits per heavy atom. The van der Waals surface area contributed by atoms with E-state index in [0.717, 1.165) is 10.6 Å². The van der Waals surface area contributed by atoms with E-state index in [9.17, 15) is 9.90 Å². The Morgan fingerprint density at radius 1 is 1.16 bits per heavy atom. The van der Waals surface area contributed by atoms with Crippen LogP contribution in [-0.4, -0.2) is 17.3 Å². The number of phenolic OH excluding ortho intramolecular Hbond substituents is 1. The lowest BCUT2D eigenvalue weighted by Crippen LogP contribution is -2.14. The minimum absolute atomic E-state index is 0.140. The van der Waals surface area contributed by atoms with E-state index in [1.807, 2.05) is 30.5 Å². The van der Waals surface area contributed by atoms with Gasteiger partial charge in [-0.1, -0.05) is 18.2 Å². The van der Waals surface area contributed by atoms with Gasteiger partial charge in [0.25, 0.3) is 0 Å². The zero-order valence-corrected chi connectivity index (χ0v) is 11.4. The molecule has 19 heavy (non-hydrogen) atoms. The molecule has 0 spiro atoms. The number of anilines is 1. The van der Waals surface area contributed by atoms with Gasteiger partial charge in [-0.3, -0.25) is 4.79 Å². The van der Waals surface area contributed by atoms with Crippen LogP contribution in [0, 0.1) is 0 Å². The number of phenols is 1. The van der Waals surface area contributed by atoms with Crippen molar-refractivity contribution in [3.63, 3.8) is 0 Å². The van der Waals surface area contributed by atoms with Gasteiger partial charge in [-0.05, 0) is 36.6 Å². The van der Waals surface area contributed by atoms with Crippen LogP contribution in [0.3, 0.4) is 0 Å². The highest BCUT2D eigenvalue weighted by molar-refractivity contribution is 7.98. The van der Waals surface area contributed by atoms with Gasteiger partial charge in [0, 0.05) is 16.1 Å².